The number of H-pyrrole nitrogens is 1. The number of ether oxygens (including phenoxy) is 1. The molecule has 128 valence electrons. The van der Waals surface area contributed by atoms with E-state index in [1.165, 1.54) is 5.69 Å². The number of hydrogen-bond acceptors (Lipinski definition) is 4. The monoisotopic (exact) mass is 320 g/mol. The minimum atomic E-state index is -0.798. The molecule has 1 aromatic heterocycles. The van der Waals surface area contributed by atoms with Crippen LogP contribution in [0.25, 0.3) is 0 Å². The van der Waals surface area contributed by atoms with Crippen molar-refractivity contribution in [3.63, 3.8) is 0 Å². The van der Waals surface area contributed by atoms with Gasteiger partial charge < -0.3 is 15.4 Å². The molecule has 1 aromatic rings. The zero-order valence-corrected chi connectivity index (χ0v) is 14.3. The molecule has 6 nitrogen and oxygen atoms in total. The molecule has 0 radical (unpaired) electrons. The molecule has 1 aliphatic heterocycles. The second kappa shape index (κ2) is 5.91. The van der Waals surface area contributed by atoms with Crippen LogP contribution in [-0.2, 0) is 9.53 Å². The molecule has 1 saturated carbocycles. The number of hydrogen-bond donors (Lipinski definition) is 2. The highest BCUT2D eigenvalue weighted by Gasteiger charge is 2.63. The average molecular weight is 320 g/mol. The first-order valence-corrected chi connectivity index (χ1v) is 8.59. The molecule has 2 atom stereocenters. The lowest BCUT2D eigenvalue weighted by Crippen LogP contribution is -2.76. The molecular weight excluding hydrogens is 292 g/mol. The van der Waals surface area contributed by atoms with Gasteiger partial charge in [0.1, 0.15) is 5.54 Å². The van der Waals surface area contributed by atoms with Crippen LogP contribution in [-0.4, -0.2) is 52.3 Å². The van der Waals surface area contributed by atoms with Gasteiger partial charge in [-0.2, -0.15) is 5.10 Å². The van der Waals surface area contributed by atoms with E-state index in [-0.39, 0.29) is 17.4 Å². The van der Waals surface area contributed by atoms with Gasteiger partial charge in [-0.3, -0.25) is 9.89 Å². The number of amides is 1. The van der Waals surface area contributed by atoms with Crippen molar-refractivity contribution in [2.75, 3.05) is 19.7 Å². The van der Waals surface area contributed by atoms with Gasteiger partial charge in [0.05, 0.1) is 6.10 Å². The van der Waals surface area contributed by atoms with E-state index in [4.69, 9.17) is 10.5 Å². The molecule has 0 spiro atoms. The summed E-state index contributed by atoms with van der Waals surface area (Å²) < 4.78 is 5.73. The van der Waals surface area contributed by atoms with E-state index >= 15 is 0 Å². The summed E-state index contributed by atoms with van der Waals surface area (Å²) >= 11 is 0. The molecule has 0 aromatic carbocycles. The number of carbonyl (C=O) groups is 1. The second-order valence-electron chi connectivity index (χ2n) is 7.42. The predicted octanol–water partition coefficient (Wildman–Crippen LogP) is 1.65. The first kappa shape index (κ1) is 16.5. The lowest BCUT2D eigenvalue weighted by molar-refractivity contribution is -0.180. The third-order valence-electron chi connectivity index (χ3n) is 5.96. The summed E-state index contributed by atoms with van der Waals surface area (Å²) in [6, 6.07) is 2.02. The first-order chi connectivity index (χ1) is 10.9. The standard InChI is InChI=1S/C17H28N4O2/c1-4-23-14-11-17(18,16(14,2)3)15(22)21-9-6-12(7-10-21)13-5-8-19-20-13/h5,8,12,14H,4,6-7,9-11,18H2,1-3H3,(H,19,20). The van der Waals surface area contributed by atoms with E-state index in [0.717, 1.165) is 25.9 Å². The number of likely N-dealkylation sites (tertiary alicyclic amines) is 1. The molecule has 2 heterocycles. The van der Waals surface area contributed by atoms with Gasteiger partial charge in [-0.1, -0.05) is 13.8 Å². The van der Waals surface area contributed by atoms with Gasteiger partial charge in [0.25, 0.3) is 0 Å². The first-order valence-electron chi connectivity index (χ1n) is 8.59. The molecule has 0 bridgehead atoms. The van der Waals surface area contributed by atoms with E-state index < -0.39 is 5.54 Å². The van der Waals surface area contributed by atoms with Crippen LogP contribution < -0.4 is 5.73 Å². The molecule has 2 unspecified atom stereocenters. The number of aromatic nitrogens is 2. The fourth-order valence-electron chi connectivity index (χ4n) is 3.97. The molecule has 1 saturated heterocycles. The van der Waals surface area contributed by atoms with Crippen molar-refractivity contribution in [2.24, 2.45) is 11.1 Å². The minimum Gasteiger partial charge on any atom is -0.378 e. The Bertz CT molecular complexity index is 549. The fourth-order valence-corrected chi connectivity index (χ4v) is 3.97. The molecule has 23 heavy (non-hydrogen) atoms. The highest BCUT2D eigenvalue weighted by atomic mass is 16.5. The van der Waals surface area contributed by atoms with Gasteiger partial charge in [-0.25, -0.2) is 0 Å². The molecule has 1 aliphatic carbocycles. The Kier molecular flexibility index (Phi) is 4.23. The van der Waals surface area contributed by atoms with Crippen LogP contribution in [0.1, 0.15) is 51.6 Å². The van der Waals surface area contributed by atoms with Crippen LogP contribution in [0.5, 0.6) is 0 Å². The van der Waals surface area contributed by atoms with Crippen molar-refractivity contribution < 1.29 is 9.53 Å². The van der Waals surface area contributed by atoms with Crippen molar-refractivity contribution in [3.05, 3.63) is 18.0 Å². The fraction of sp³-hybridized carbons (Fsp3) is 0.765. The van der Waals surface area contributed by atoms with Crippen molar-refractivity contribution in [1.82, 2.24) is 15.1 Å². The summed E-state index contributed by atoms with van der Waals surface area (Å²) in [4.78, 5) is 14.9. The molecular formula is C17H28N4O2. The lowest BCUT2D eigenvalue weighted by Gasteiger charge is -2.59. The Hall–Kier alpha value is -1.40. The summed E-state index contributed by atoms with van der Waals surface area (Å²) in [6.45, 7) is 8.26. The molecule has 6 heteroatoms. The van der Waals surface area contributed by atoms with Crippen molar-refractivity contribution in [3.8, 4) is 0 Å². The molecule has 1 amide bonds. The smallest absolute Gasteiger partial charge is 0.243 e. The topological polar surface area (TPSA) is 84.2 Å². The lowest BCUT2D eigenvalue weighted by atomic mass is 9.54. The molecule has 2 fully saturated rings. The summed E-state index contributed by atoms with van der Waals surface area (Å²) in [5.41, 5.74) is 6.57. The van der Waals surface area contributed by atoms with Crippen molar-refractivity contribution >= 4 is 5.91 Å². The van der Waals surface area contributed by atoms with Crippen molar-refractivity contribution in [1.29, 1.82) is 0 Å². The van der Waals surface area contributed by atoms with Crippen LogP contribution in [0.2, 0.25) is 0 Å². The van der Waals surface area contributed by atoms with E-state index in [9.17, 15) is 4.79 Å². The van der Waals surface area contributed by atoms with E-state index in [1.807, 2.05) is 31.7 Å². The maximum Gasteiger partial charge on any atom is 0.243 e. The van der Waals surface area contributed by atoms with Gasteiger partial charge in [-0.15, -0.1) is 0 Å². The Morgan fingerprint density at radius 3 is 2.70 bits per heavy atom. The van der Waals surface area contributed by atoms with Crippen molar-refractivity contribution in [2.45, 2.75) is 57.6 Å². The van der Waals surface area contributed by atoms with Gasteiger partial charge in [0.15, 0.2) is 0 Å². The quantitative estimate of drug-likeness (QED) is 0.883. The molecule has 2 aliphatic rings. The average Bonchev–Trinajstić information content (AvgIpc) is 3.08. The van der Waals surface area contributed by atoms with Gasteiger partial charge in [-0.05, 0) is 25.8 Å². The zero-order chi connectivity index (χ0) is 16.7. The van der Waals surface area contributed by atoms with E-state index in [2.05, 4.69) is 10.2 Å². The summed E-state index contributed by atoms with van der Waals surface area (Å²) in [6.07, 6.45) is 4.39. The van der Waals surface area contributed by atoms with E-state index in [1.54, 1.807) is 6.20 Å². The number of rotatable bonds is 4. The number of nitrogens with one attached hydrogen (secondary N) is 1. The number of carbonyl (C=O) groups excluding carboxylic acids is 1. The number of nitrogens with zero attached hydrogens (tertiary/aromatic N) is 2. The summed E-state index contributed by atoms with van der Waals surface area (Å²) in [5.74, 6) is 0.544. The Morgan fingerprint density at radius 1 is 1.48 bits per heavy atom. The predicted molar refractivity (Wildman–Crippen MR) is 87.9 cm³/mol. The molecule has 3 N–H and O–H groups in total. The summed E-state index contributed by atoms with van der Waals surface area (Å²) in [7, 11) is 0. The normalized spacial score (nSPS) is 31.0. The van der Waals surface area contributed by atoms with Crippen LogP contribution in [0, 0.1) is 5.41 Å². The van der Waals surface area contributed by atoms with Crippen LogP contribution in [0.4, 0.5) is 0 Å². The number of aromatic amines is 1. The number of nitrogens with two attached hydrogens (primary N) is 1. The Morgan fingerprint density at radius 2 is 2.17 bits per heavy atom. The largest absolute Gasteiger partial charge is 0.378 e. The maximum absolute atomic E-state index is 13.0. The summed E-state index contributed by atoms with van der Waals surface area (Å²) in [5, 5.41) is 7.06. The Balaban J connectivity index is 1.62. The molecule has 3 rings (SSSR count). The van der Waals surface area contributed by atoms with Crippen LogP contribution in [0.15, 0.2) is 12.3 Å². The van der Waals surface area contributed by atoms with E-state index in [0.29, 0.717) is 18.9 Å². The van der Waals surface area contributed by atoms with Crippen LogP contribution in [0.3, 0.4) is 0 Å². The highest BCUT2D eigenvalue weighted by molar-refractivity contribution is 5.89. The minimum absolute atomic E-state index is 0.0731. The Labute approximate surface area is 137 Å². The third-order valence-corrected chi connectivity index (χ3v) is 5.96. The van der Waals surface area contributed by atoms with Gasteiger partial charge >= 0.3 is 0 Å². The SMILES string of the molecule is CCOC1CC(N)(C(=O)N2CCC(c3ccn[nH]3)CC2)C1(C)C. The van der Waals surface area contributed by atoms with Gasteiger partial charge in [0, 0.05) is 49.3 Å². The third kappa shape index (κ3) is 2.58. The zero-order valence-electron chi connectivity index (χ0n) is 14.3. The van der Waals surface area contributed by atoms with Gasteiger partial charge in [0.2, 0.25) is 5.91 Å². The number of piperidine rings is 1. The highest BCUT2D eigenvalue weighted by Crippen LogP contribution is 2.50. The maximum atomic E-state index is 13.0. The van der Waals surface area contributed by atoms with Crippen LogP contribution >= 0.6 is 0 Å². The second-order valence-corrected chi connectivity index (χ2v) is 7.42.